The number of anilines is 2. The molecule has 0 fully saturated rings. The van der Waals surface area contributed by atoms with Crippen molar-refractivity contribution in [1.82, 2.24) is 9.97 Å². The van der Waals surface area contributed by atoms with Crippen molar-refractivity contribution in [3.05, 3.63) is 109 Å². The molecule has 140 heavy (non-hydrogen) atoms. The van der Waals surface area contributed by atoms with Crippen LogP contribution in [0, 0.1) is 0 Å². The zero-order chi connectivity index (χ0) is 101. The predicted octanol–water partition coefficient (Wildman–Crippen LogP) is 43.4. The molecule has 2 aromatic heterocycles. The largest absolute Gasteiger partial charge is 0.796 e. The smallest absolute Gasteiger partial charge is 0.503 e. The Labute approximate surface area is 866 Å². The van der Waals surface area contributed by atoms with Gasteiger partial charge in [0.2, 0.25) is 5.78 Å². The molecule has 11 heteroatoms. The van der Waals surface area contributed by atoms with Crippen LogP contribution in [0.4, 0.5) is 20.0 Å². The lowest BCUT2D eigenvalue weighted by molar-refractivity contribution is 0.101. The average molecular weight is 1950 g/mol. The highest BCUT2D eigenvalue weighted by molar-refractivity contribution is 6.36. The van der Waals surface area contributed by atoms with Crippen molar-refractivity contribution >= 4 is 42.2 Å². The maximum absolute atomic E-state index is 15.5. The minimum absolute atomic E-state index is 0.186. The van der Waals surface area contributed by atoms with E-state index in [0.717, 1.165) is 87.2 Å². The van der Waals surface area contributed by atoms with E-state index in [2.05, 4.69) is 86.4 Å². The molecule has 2 aromatic carbocycles. The number of aryl methyl sites for hydroxylation is 4. The molecule has 0 unspecified atom stereocenters. The Morgan fingerprint density at radius 2 is 0.393 bits per heavy atom. The number of nitrogens with one attached hydrogen (secondary N) is 4. The first-order valence-electron chi connectivity index (χ1n) is 62.5. The third kappa shape index (κ3) is 61.0. The molecule has 8 nitrogen and oxygen atoms in total. The third-order valence-corrected chi connectivity index (χ3v) is 31.4. The summed E-state index contributed by atoms with van der Waals surface area (Å²) in [5, 5.41) is 6.88. The number of H-pyrrole nitrogens is 2. The van der Waals surface area contributed by atoms with E-state index in [1.54, 1.807) is 0 Å². The van der Waals surface area contributed by atoms with E-state index in [1.165, 1.54) is 547 Å². The van der Waals surface area contributed by atoms with Gasteiger partial charge in [0.1, 0.15) is 17.1 Å². The van der Waals surface area contributed by atoms with E-state index < -0.39 is 13.3 Å². The minimum Gasteiger partial charge on any atom is -0.503 e. The number of aromatic amines is 2. The Hall–Kier alpha value is -4.93. The third-order valence-electron chi connectivity index (χ3n) is 31.4. The second kappa shape index (κ2) is 90.4. The number of hydrogen-bond acceptors (Lipinski definition) is 4. The summed E-state index contributed by atoms with van der Waals surface area (Å²) in [4.78, 5) is 52.9. The van der Waals surface area contributed by atoms with Crippen LogP contribution in [0.15, 0.2) is 30.3 Å². The molecular formula is C129H227BF2N4O4. The van der Waals surface area contributed by atoms with E-state index >= 15 is 23.0 Å². The van der Waals surface area contributed by atoms with Gasteiger partial charge in [-0.3, -0.25) is 14.4 Å². The molecule has 0 atom stereocenters. The summed E-state index contributed by atoms with van der Waals surface area (Å²) >= 11 is 0. The van der Waals surface area contributed by atoms with Crippen molar-refractivity contribution in [2.45, 2.75) is 673 Å². The zero-order valence-electron chi connectivity index (χ0n) is 94.3. The fraction of sp³-hybridized carbons (Fsp3) is 0.806. The van der Waals surface area contributed by atoms with Crippen molar-refractivity contribution in [3.63, 3.8) is 0 Å². The normalized spacial score (nSPS) is 11.8. The summed E-state index contributed by atoms with van der Waals surface area (Å²) in [6.45, 7) is 21.8. The molecule has 4 aromatic rings. The molecule has 0 bridgehead atoms. The van der Waals surface area contributed by atoms with Gasteiger partial charge in [0.15, 0.2) is 0 Å². The number of amides is 2. The average Bonchev–Trinajstić information content (AvgIpc) is 1.61. The van der Waals surface area contributed by atoms with Crippen LogP contribution in [0.3, 0.4) is 0 Å². The maximum atomic E-state index is 15.5. The lowest BCUT2D eigenvalue weighted by Gasteiger charge is -2.19. The van der Waals surface area contributed by atoms with Crippen LogP contribution < -0.4 is 10.6 Å². The summed E-state index contributed by atoms with van der Waals surface area (Å²) in [6, 6.07) is 9.16. The summed E-state index contributed by atoms with van der Waals surface area (Å²) in [5.74, 6) is -1.54. The van der Waals surface area contributed by atoms with Gasteiger partial charge in [0.25, 0.3) is 11.8 Å². The molecule has 0 aliphatic heterocycles. The monoisotopic (exact) mass is 1950 g/mol. The zero-order valence-corrected chi connectivity index (χ0v) is 94.3. The lowest BCUT2D eigenvalue weighted by atomic mass is 9.89. The molecular weight excluding hydrogens is 1720 g/mol. The number of ketones is 1. The SMILES string of the molecule is CCCCCCCCCCCCCCCCc1cc(NC(=O)c2[nH]c(C(=O)/C=C(/OB(F)F)c3[nH]c(C(=O)Nc4cc(CCCCCCCCCCCCCCCC)c(CCCCCCCCCCCCCCCC)c(CCCCCCCCCCCCCCCC)c4)c(CC)c3CC)c(CC)c2CC)cc(CCCCCCCCCCCCCCCC)c1CCCCCCCCCCCCCCCC. The predicted molar refractivity (Wildman–Crippen MR) is 613 cm³/mol. The standard InChI is InChI=1S/C129H227BF2N4O4/c1-11-21-27-33-39-45-51-57-63-69-75-81-87-93-99-110-105-114(106-111(100-94-88-82-76-70-64-58-52-46-40-34-28-22-12-2)120(110)103-97-91-85-79-73-67-61-55-49-43-37-31-25-15-5)133-128(138)126-118(19-9)116(17-7)124(135-126)122(137)109-123(140-130(131)132)125-117(18-8)119(20-10)127(136-125)129(139)134-115-107-112(101-95-89-83-77-71-65-59-53-47-41-35-29-23-13-3)121(104-98-92-86-80-74-68-62-56-50-44-38-32-26-16-6)113(108-115)102-96-90-84-78-72-66-60-54-48-42-36-30-24-14-4/h105-109,135-136H,11-104H2,1-10H3,(H,133,138)(H,134,139)/b123-109+. The number of benzene rings is 2. The van der Waals surface area contributed by atoms with E-state index in [-0.39, 0.29) is 29.0 Å². The van der Waals surface area contributed by atoms with Gasteiger partial charge in [-0.1, -0.05) is 570 Å². The molecule has 0 aliphatic rings. The topological polar surface area (TPSA) is 116 Å². The molecule has 2 heterocycles. The molecule has 0 spiro atoms. The Bertz CT molecular complexity index is 3520. The highest BCUT2D eigenvalue weighted by Crippen LogP contribution is 2.36. The van der Waals surface area contributed by atoms with Crippen molar-refractivity contribution in [2.24, 2.45) is 0 Å². The van der Waals surface area contributed by atoms with Crippen molar-refractivity contribution in [2.75, 3.05) is 10.6 Å². The number of rotatable bonds is 103. The van der Waals surface area contributed by atoms with E-state index in [9.17, 15) is 0 Å². The quantitative estimate of drug-likeness (QED) is 0.0116. The maximum Gasteiger partial charge on any atom is 0.796 e. The van der Waals surface area contributed by atoms with Crippen LogP contribution in [-0.2, 0) is 68.9 Å². The van der Waals surface area contributed by atoms with Gasteiger partial charge in [0.05, 0.1) is 11.4 Å². The van der Waals surface area contributed by atoms with Crippen molar-refractivity contribution in [3.8, 4) is 0 Å². The highest BCUT2D eigenvalue weighted by Gasteiger charge is 2.31. The molecule has 4 N–H and O–H groups in total. The molecule has 0 saturated heterocycles. The van der Waals surface area contributed by atoms with Crippen molar-refractivity contribution in [1.29, 1.82) is 0 Å². The van der Waals surface area contributed by atoms with E-state index in [0.29, 0.717) is 53.8 Å². The lowest BCUT2D eigenvalue weighted by Crippen LogP contribution is -2.16. The first-order chi connectivity index (χ1) is 68.9. The van der Waals surface area contributed by atoms with E-state index in [1.807, 2.05) is 27.7 Å². The van der Waals surface area contributed by atoms with Crippen LogP contribution in [0.2, 0.25) is 0 Å². The van der Waals surface area contributed by atoms with Crippen LogP contribution in [0.1, 0.15) is 701 Å². The summed E-state index contributed by atoms with van der Waals surface area (Å²) in [5.41, 5.74) is 13.9. The number of aromatic nitrogens is 2. The Balaban J connectivity index is 1.72. The number of hydrogen-bond donors (Lipinski definition) is 4. The summed E-state index contributed by atoms with van der Waals surface area (Å²) in [7, 11) is -3.27. The Morgan fingerprint density at radius 1 is 0.229 bits per heavy atom. The van der Waals surface area contributed by atoms with Gasteiger partial charge in [-0.05, 0) is 183 Å². The van der Waals surface area contributed by atoms with Gasteiger partial charge in [0, 0.05) is 17.5 Å². The highest BCUT2D eigenvalue weighted by atomic mass is 19.2. The first-order valence-corrected chi connectivity index (χ1v) is 62.5. The van der Waals surface area contributed by atoms with Crippen LogP contribution in [0.25, 0.3) is 5.76 Å². The molecule has 2 amide bonds. The second-order valence-corrected chi connectivity index (χ2v) is 43.9. The summed E-state index contributed by atoms with van der Waals surface area (Å²) in [6.07, 6.45) is 120. The van der Waals surface area contributed by atoms with E-state index in [4.69, 9.17) is 4.65 Å². The fourth-order valence-corrected chi connectivity index (χ4v) is 22.7. The summed E-state index contributed by atoms with van der Waals surface area (Å²) < 4.78 is 36.1. The van der Waals surface area contributed by atoms with Gasteiger partial charge in [-0.2, -0.15) is 0 Å². The Morgan fingerprint density at radius 3 is 0.579 bits per heavy atom. The number of unbranched alkanes of at least 4 members (excludes halogenated alkanes) is 78. The number of allylic oxidation sites excluding steroid dienone is 1. The molecule has 4 rings (SSSR count). The van der Waals surface area contributed by atoms with Gasteiger partial charge in [-0.15, -0.1) is 0 Å². The molecule has 804 valence electrons. The van der Waals surface area contributed by atoms with Gasteiger partial charge >= 0.3 is 7.47 Å². The van der Waals surface area contributed by atoms with Gasteiger partial charge < -0.3 is 25.3 Å². The molecule has 0 saturated carbocycles. The fourth-order valence-electron chi connectivity index (χ4n) is 22.7. The molecule has 0 radical (unpaired) electrons. The first kappa shape index (κ1) is 127. The number of carbonyl (C=O) groups excluding carboxylic acids is 3. The number of carbonyl (C=O) groups is 3. The van der Waals surface area contributed by atoms with Crippen molar-refractivity contribution < 1.29 is 27.7 Å². The van der Waals surface area contributed by atoms with Crippen LogP contribution in [0.5, 0.6) is 0 Å². The van der Waals surface area contributed by atoms with Crippen LogP contribution in [-0.4, -0.2) is 35.0 Å². The number of halogens is 2. The van der Waals surface area contributed by atoms with Crippen LogP contribution >= 0.6 is 0 Å². The second-order valence-electron chi connectivity index (χ2n) is 43.9. The minimum atomic E-state index is -3.27. The molecule has 0 aliphatic carbocycles. The van der Waals surface area contributed by atoms with Gasteiger partial charge in [-0.25, -0.2) is 8.63 Å². The Kier molecular flexibility index (Phi) is 82.2.